The Morgan fingerprint density at radius 1 is 1.09 bits per heavy atom. The highest BCUT2D eigenvalue weighted by molar-refractivity contribution is 8.27. The standard InChI is InChI=1S/C26H21ClN2O3S2/c1-2-17-7-3-5-9-21(17)28-24(30)16-32-22-10-6-4-8-18(22)15-23-25(31)29(26(33)34-23)20-13-11-19(27)12-14-20/h3-15H,2,16H2,1H3,(H,28,30)/b23-15-. The number of thioether (sulfide) groups is 1. The van der Waals surface area contributed by atoms with E-state index in [4.69, 9.17) is 28.6 Å². The highest BCUT2D eigenvalue weighted by atomic mass is 35.5. The van der Waals surface area contributed by atoms with E-state index >= 15 is 0 Å². The molecule has 172 valence electrons. The molecular weight excluding hydrogens is 488 g/mol. The third-order valence-electron chi connectivity index (χ3n) is 5.12. The number of anilines is 2. The zero-order chi connectivity index (χ0) is 24.1. The first-order valence-electron chi connectivity index (χ1n) is 10.6. The number of nitrogens with one attached hydrogen (secondary N) is 1. The second-order valence-electron chi connectivity index (χ2n) is 7.38. The van der Waals surface area contributed by atoms with E-state index in [-0.39, 0.29) is 18.4 Å². The number of hydrogen-bond acceptors (Lipinski definition) is 5. The molecule has 8 heteroatoms. The van der Waals surface area contributed by atoms with E-state index < -0.39 is 0 Å². The van der Waals surface area contributed by atoms with Gasteiger partial charge in [0.1, 0.15) is 5.75 Å². The summed E-state index contributed by atoms with van der Waals surface area (Å²) in [5, 5.41) is 3.48. The van der Waals surface area contributed by atoms with Crippen LogP contribution in [0.3, 0.4) is 0 Å². The van der Waals surface area contributed by atoms with E-state index in [1.165, 1.54) is 16.7 Å². The van der Waals surface area contributed by atoms with E-state index in [1.54, 1.807) is 36.4 Å². The average Bonchev–Trinajstić information content (AvgIpc) is 3.12. The molecule has 0 atom stereocenters. The van der Waals surface area contributed by atoms with Crippen LogP contribution in [0, 0.1) is 0 Å². The van der Waals surface area contributed by atoms with Crippen LogP contribution in [-0.4, -0.2) is 22.7 Å². The van der Waals surface area contributed by atoms with E-state index in [0.717, 1.165) is 17.7 Å². The van der Waals surface area contributed by atoms with Gasteiger partial charge in [-0.3, -0.25) is 14.5 Å². The normalized spacial score (nSPS) is 14.5. The summed E-state index contributed by atoms with van der Waals surface area (Å²) in [6.07, 6.45) is 2.54. The quantitative estimate of drug-likeness (QED) is 0.298. The van der Waals surface area contributed by atoms with Crippen LogP contribution in [-0.2, 0) is 16.0 Å². The molecule has 2 amide bonds. The summed E-state index contributed by atoms with van der Waals surface area (Å²) in [5.74, 6) is 0.0176. The lowest BCUT2D eigenvalue weighted by molar-refractivity contribution is -0.118. The van der Waals surface area contributed by atoms with Gasteiger partial charge in [0.2, 0.25) is 0 Å². The maximum absolute atomic E-state index is 13.1. The van der Waals surface area contributed by atoms with Gasteiger partial charge in [-0.15, -0.1) is 0 Å². The SMILES string of the molecule is CCc1ccccc1NC(=O)COc1ccccc1/C=C1\SC(=S)N(c2ccc(Cl)cc2)C1=O. The minimum absolute atomic E-state index is 0.158. The summed E-state index contributed by atoms with van der Waals surface area (Å²) in [4.78, 5) is 27.5. The molecular formula is C26H21ClN2O3S2. The zero-order valence-corrected chi connectivity index (χ0v) is 20.7. The van der Waals surface area contributed by atoms with Crippen LogP contribution in [0.5, 0.6) is 5.75 Å². The lowest BCUT2D eigenvalue weighted by Crippen LogP contribution is -2.27. The largest absolute Gasteiger partial charge is 0.483 e. The molecule has 34 heavy (non-hydrogen) atoms. The molecule has 5 nitrogen and oxygen atoms in total. The topological polar surface area (TPSA) is 58.6 Å². The van der Waals surface area contributed by atoms with Crippen molar-refractivity contribution in [1.29, 1.82) is 0 Å². The van der Waals surface area contributed by atoms with Crippen LogP contribution >= 0.6 is 35.6 Å². The highest BCUT2D eigenvalue weighted by Crippen LogP contribution is 2.37. The second-order valence-corrected chi connectivity index (χ2v) is 9.49. The Kier molecular flexibility index (Phi) is 7.67. The van der Waals surface area contributed by atoms with Crippen LogP contribution in [0.25, 0.3) is 6.08 Å². The fourth-order valence-corrected chi connectivity index (χ4v) is 4.85. The summed E-state index contributed by atoms with van der Waals surface area (Å²) >= 11 is 12.6. The molecule has 1 heterocycles. The van der Waals surface area contributed by atoms with Crippen LogP contribution in [0.2, 0.25) is 5.02 Å². The van der Waals surface area contributed by atoms with Crippen molar-refractivity contribution in [1.82, 2.24) is 0 Å². The van der Waals surface area contributed by atoms with Crippen LogP contribution in [0.15, 0.2) is 77.7 Å². The Bertz CT molecular complexity index is 1280. The predicted molar refractivity (Wildman–Crippen MR) is 143 cm³/mol. The number of carbonyl (C=O) groups is 2. The molecule has 1 aliphatic rings. The smallest absolute Gasteiger partial charge is 0.270 e. The van der Waals surface area contributed by atoms with Crippen LogP contribution in [0.4, 0.5) is 11.4 Å². The molecule has 0 aromatic heterocycles. The van der Waals surface area contributed by atoms with Gasteiger partial charge in [-0.2, -0.15) is 0 Å². The van der Waals surface area contributed by atoms with Gasteiger partial charge >= 0.3 is 0 Å². The summed E-state index contributed by atoms with van der Waals surface area (Å²) < 4.78 is 6.24. The van der Waals surface area contributed by atoms with Gasteiger partial charge in [0.05, 0.1) is 10.6 Å². The maximum Gasteiger partial charge on any atom is 0.270 e. The number of benzene rings is 3. The van der Waals surface area contributed by atoms with Crippen molar-refractivity contribution >= 4 is 69.2 Å². The number of aryl methyl sites for hydroxylation is 1. The molecule has 0 spiro atoms. The van der Waals surface area contributed by atoms with Crippen molar-refractivity contribution in [3.05, 3.63) is 93.9 Å². The third-order valence-corrected chi connectivity index (χ3v) is 6.67. The van der Waals surface area contributed by atoms with Gasteiger partial charge in [0.15, 0.2) is 10.9 Å². The fraction of sp³-hybridized carbons (Fsp3) is 0.115. The molecule has 1 N–H and O–H groups in total. The molecule has 0 aliphatic carbocycles. The Morgan fingerprint density at radius 3 is 2.56 bits per heavy atom. The van der Waals surface area contributed by atoms with Gasteiger partial charge < -0.3 is 10.1 Å². The van der Waals surface area contributed by atoms with Gasteiger partial charge in [-0.25, -0.2) is 0 Å². The number of ether oxygens (including phenoxy) is 1. The molecule has 1 fully saturated rings. The van der Waals surface area contributed by atoms with E-state index in [9.17, 15) is 9.59 Å². The molecule has 1 saturated heterocycles. The summed E-state index contributed by atoms with van der Waals surface area (Å²) in [6, 6.07) is 21.9. The van der Waals surface area contributed by atoms with Crippen LogP contribution in [0.1, 0.15) is 18.1 Å². The van der Waals surface area contributed by atoms with Crippen molar-refractivity contribution in [2.75, 3.05) is 16.8 Å². The molecule has 4 rings (SSSR count). The number of rotatable bonds is 7. The van der Waals surface area contributed by atoms with Gasteiger partial charge in [0, 0.05) is 16.3 Å². The molecule has 0 bridgehead atoms. The van der Waals surface area contributed by atoms with Crippen LogP contribution < -0.4 is 15.0 Å². The number of halogens is 1. The molecule has 0 radical (unpaired) electrons. The molecule has 3 aromatic carbocycles. The highest BCUT2D eigenvalue weighted by Gasteiger charge is 2.33. The number of amides is 2. The van der Waals surface area contributed by atoms with Gasteiger partial charge in [-0.05, 0) is 54.5 Å². The van der Waals surface area contributed by atoms with Crippen molar-refractivity contribution in [3.8, 4) is 5.75 Å². The number of nitrogens with zero attached hydrogens (tertiary/aromatic N) is 1. The van der Waals surface area contributed by atoms with Crippen molar-refractivity contribution in [3.63, 3.8) is 0 Å². The first-order chi connectivity index (χ1) is 16.5. The van der Waals surface area contributed by atoms with E-state index in [2.05, 4.69) is 5.32 Å². The minimum atomic E-state index is -0.259. The number of para-hydroxylation sites is 2. The molecule has 3 aromatic rings. The van der Waals surface area contributed by atoms with Crippen molar-refractivity contribution < 1.29 is 14.3 Å². The Labute approximate surface area is 212 Å². The maximum atomic E-state index is 13.1. The zero-order valence-electron chi connectivity index (χ0n) is 18.3. The average molecular weight is 509 g/mol. The third kappa shape index (κ3) is 5.50. The number of thiocarbonyl (C=S) groups is 1. The Morgan fingerprint density at radius 2 is 1.79 bits per heavy atom. The van der Waals surface area contributed by atoms with Crippen molar-refractivity contribution in [2.24, 2.45) is 0 Å². The molecule has 0 saturated carbocycles. The Balaban J connectivity index is 1.48. The van der Waals surface area contributed by atoms with Gasteiger partial charge in [0.25, 0.3) is 11.8 Å². The minimum Gasteiger partial charge on any atom is -0.483 e. The summed E-state index contributed by atoms with van der Waals surface area (Å²) in [7, 11) is 0. The number of hydrogen-bond donors (Lipinski definition) is 1. The summed E-state index contributed by atoms with van der Waals surface area (Å²) in [6.45, 7) is 1.88. The van der Waals surface area contributed by atoms with E-state index in [0.29, 0.717) is 31.2 Å². The Hall–Kier alpha value is -3.13. The summed E-state index contributed by atoms with van der Waals surface area (Å²) in [5.41, 5.74) is 3.17. The lowest BCUT2D eigenvalue weighted by atomic mass is 10.1. The molecule has 1 aliphatic heterocycles. The van der Waals surface area contributed by atoms with Gasteiger partial charge in [-0.1, -0.05) is 78.9 Å². The first-order valence-corrected chi connectivity index (χ1v) is 12.2. The monoisotopic (exact) mass is 508 g/mol. The first kappa shape index (κ1) is 24.0. The van der Waals surface area contributed by atoms with Crippen molar-refractivity contribution in [2.45, 2.75) is 13.3 Å². The second kappa shape index (κ2) is 10.9. The predicted octanol–water partition coefficient (Wildman–Crippen LogP) is 6.33. The van der Waals surface area contributed by atoms with E-state index in [1.807, 2.05) is 49.4 Å². The lowest BCUT2D eigenvalue weighted by Gasteiger charge is -2.14. The number of carbonyl (C=O) groups excluding carboxylic acids is 2. The molecule has 0 unspecified atom stereocenters. The fourth-order valence-electron chi connectivity index (χ4n) is 3.43.